The molecule has 0 spiro atoms. The standard InChI is InChI=1S/C11H10N4S/c1-15-8-3-2-5-13-10(8)14-11(15)7-4-6-16-9(7)12/h2-6H,12H2,1H3. The Kier molecular flexibility index (Phi) is 1.94. The molecule has 16 heavy (non-hydrogen) atoms. The van der Waals surface area contributed by atoms with Crippen molar-refractivity contribution in [3.8, 4) is 11.4 Å². The predicted octanol–water partition coefficient (Wildman–Crippen LogP) is 2.28. The minimum Gasteiger partial charge on any atom is -0.390 e. The van der Waals surface area contributed by atoms with Gasteiger partial charge in [0.15, 0.2) is 5.65 Å². The van der Waals surface area contributed by atoms with E-state index in [1.54, 1.807) is 6.20 Å². The molecule has 0 saturated carbocycles. The molecule has 0 fully saturated rings. The maximum atomic E-state index is 5.91. The van der Waals surface area contributed by atoms with E-state index in [1.165, 1.54) is 11.3 Å². The van der Waals surface area contributed by atoms with Crippen molar-refractivity contribution in [2.45, 2.75) is 0 Å². The highest BCUT2D eigenvalue weighted by atomic mass is 32.1. The first-order valence-electron chi connectivity index (χ1n) is 4.88. The molecule has 0 saturated heterocycles. The Bertz CT molecular complexity index is 653. The molecule has 3 heterocycles. The fourth-order valence-corrected chi connectivity index (χ4v) is 2.41. The molecular formula is C11H10N4S. The molecule has 0 aromatic carbocycles. The van der Waals surface area contributed by atoms with E-state index in [0.717, 1.165) is 27.6 Å². The maximum Gasteiger partial charge on any atom is 0.178 e. The highest BCUT2D eigenvalue weighted by molar-refractivity contribution is 7.14. The van der Waals surface area contributed by atoms with Crippen LogP contribution in [0.3, 0.4) is 0 Å². The summed E-state index contributed by atoms with van der Waals surface area (Å²) >= 11 is 1.52. The molecule has 0 unspecified atom stereocenters. The molecular weight excluding hydrogens is 220 g/mol. The molecule has 0 aliphatic heterocycles. The second-order valence-corrected chi connectivity index (χ2v) is 4.49. The van der Waals surface area contributed by atoms with Crippen LogP contribution in [0.25, 0.3) is 22.6 Å². The zero-order valence-electron chi connectivity index (χ0n) is 8.71. The number of hydrogen-bond donors (Lipinski definition) is 1. The molecule has 0 aliphatic carbocycles. The number of thiophene rings is 1. The molecule has 4 nitrogen and oxygen atoms in total. The van der Waals surface area contributed by atoms with Crippen LogP contribution >= 0.6 is 11.3 Å². The number of rotatable bonds is 1. The molecule has 3 rings (SSSR count). The van der Waals surface area contributed by atoms with Crippen LogP contribution in [0.1, 0.15) is 0 Å². The number of imidazole rings is 1. The van der Waals surface area contributed by atoms with Crippen molar-refractivity contribution in [2.75, 3.05) is 5.73 Å². The van der Waals surface area contributed by atoms with Crippen LogP contribution in [0.5, 0.6) is 0 Å². The number of anilines is 1. The summed E-state index contributed by atoms with van der Waals surface area (Å²) in [6.07, 6.45) is 1.75. The smallest absolute Gasteiger partial charge is 0.178 e. The minimum atomic E-state index is 0.755. The number of hydrogen-bond acceptors (Lipinski definition) is 4. The Hall–Kier alpha value is -1.88. The summed E-state index contributed by atoms with van der Waals surface area (Å²) in [4.78, 5) is 8.73. The first-order chi connectivity index (χ1) is 7.77. The zero-order chi connectivity index (χ0) is 11.1. The third-order valence-electron chi connectivity index (χ3n) is 2.59. The van der Waals surface area contributed by atoms with E-state index >= 15 is 0 Å². The fraction of sp³-hybridized carbons (Fsp3) is 0.0909. The van der Waals surface area contributed by atoms with Crippen molar-refractivity contribution in [3.05, 3.63) is 29.8 Å². The van der Waals surface area contributed by atoms with Gasteiger partial charge in [-0.3, -0.25) is 0 Å². The predicted molar refractivity (Wildman–Crippen MR) is 66.2 cm³/mol. The van der Waals surface area contributed by atoms with Crippen LogP contribution in [0.2, 0.25) is 0 Å². The van der Waals surface area contributed by atoms with Gasteiger partial charge in [-0.25, -0.2) is 9.97 Å². The molecule has 0 atom stereocenters. The molecule has 0 radical (unpaired) electrons. The fourth-order valence-electron chi connectivity index (χ4n) is 1.77. The molecule has 0 bridgehead atoms. The van der Waals surface area contributed by atoms with Crippen LogP contribution in [0.4, 0.5) is 5.00 Å². The van der Waals surface area contributed by atoms with Gasteiger partial charge in [-0.05, 0) is 23.6 Å². The van der Waals surface area contributed by atoms with Crippen LogP contribution in [0, 0.1) is 0 Å². The Morgan fingerprint density at radius 3 is 2.94 bits per heavy atom. The van der Waals surface area contributed by atoms with E-state index in [1.807, 2.05) is 35.2 Å². The third-order valence-corrected chi connectivity index (χ3v) is 3.34. The summed E-state index contributed by atoms with van der Waals surface area (Å²) in [6.45, 7) is 0. The SMILES string of the molecule is Cn1c(-c2ccsc2N)nc2ncccc21. The highest BCUT2D eigenvalue weighted by Crippen LogP contribution is 2.30. The van der Waals surface area contributed by atoms with Gasteiger partial charge in [0.25, 0.3) is 0 Å². The Balaban J connectivity index is 2.33. The number of aryl methyl sites for hydroxylation is 1. The van der Waals surface area contributed by atoms with E-state index in [9.17, 15) is 0 Å². The van der Waals surface area contributed by atoms with Gasteiger partial charge in [0.1, 0.15) is 5.82 Å². The quantitative estimate of drug-likeness (QED) is 0.697. The second kappa shape index (κ2) is 3.31. The number of aromatic nitrogens is 3. The van der Waals surface area contributed by atoms with Crippen LogP contribution in [0.15, 0.2) is 29.8 Å². The van der Waals surface area contributed by atoms with Gasteiger partial charge in [-0.1, -0.05) is 0 Å². The molecule has 0 amide bonds. The van der Waals surface area contributed by atoms with Crippen molar-refractivity contribution in [3.63, 3.8) is 0 Å². The summed E-state index contributed by atoms with van der Waals surface area (Å²) < 4.78 is 2.01. The van der Waals surface area contributed by atoms with Gasteiger partial charge in [-0.15, -0.1) is 11.3 Å². The normalized spacial score (nSPS) is 11.1. The third kappa shape index (κ3) is 1.22. The topological polar surface area (TPSA) is 56.7 Å². The van der Waals surface area contributed by atoms with E-state index in [-0.39, 0.29) is 0 Å². The Morgan fingerprint density at radius 1 is 1.38 bits per heavy atom. The lowest BCUT2D eigenvalue weighted by Gasteiger charge is -2.00. The summed E-state index contributed by atoms with van der Waals surface area (Å²) in [5.41, 5.74) is 8.66. The lowest BCUT2D eigenvalue weighted by Crippen LogP contribution is -1.93. The number of nitrogens with zero attached hydrogens (tertiary/aromatic N) is 3. The minimum absolute atomic E-state index is 0.755. The first kappa shape index (κ1) is 9.35. The lowest BCUT2D eigenvalue weighted by molar-refractivity contribution is 0.961. The van der Waals surface area contributed by atoms with Crippen molar-refractivity contribution >= 4 is 27.5 Å². The second-order valence-electron chi connectivity index (χ2n) is 3.54. The van der Waals surface area contributed by atoms with Gasteiger partial charge >= 0.3 is 0 Å². The highest BCUT2D eigenvalue weighted by Gasteiger charge is 2.12. The number of fused-ring (bicyclic) bond motifs is 1. The van der Waals surface area contributed by atoms with E-state index in [4.69, 9.17) is 5.73 Å². The van der Waals surface area contributed by atoms with Gasteiger partial charge in [0.05, 0.1) is 16.1 Å². The zero-order valence-corrected chi connectivity index (χ0v) is 9.53. The van der Waals surface area contributed by atoms with Gasteiger partial charge in [-0.2, -0.15) is 0 Å². The van der Waals surface area contributed by atoms with Crippen molar-refractivity contribution in [1.82, 2.24) is 14.5 Å². The molecule has 80 valence electrons. The lowest BCUT2D eigenvalue weighted by atomic mass is 10.3. The Morgan fingerprint density at radius 2 is 2.25 bits per heavy atom. The molecule has 2 N–H and O–H groups in total. The molecule has 0 aliphatic rings. The summed E-state index contributed by atoms with van der Waals surface area (Å²) in [6, 6.07) is 5.90. The van der Waals surface area contributed by atoms with E-state index in [0.29, 0.717) is 0 Å². The van der Waals surface area contributed by atoms with Crippen molar-refractivity contribution in [2.24, 2.45) is 7.05 Å². The number of pyridine rings is 1. The monoisotopic (exact) mass is 230 g/mol. The summed E-state index contributed by atoms with van der Waals surface area (Å²) in [5.74, 6) is 0.868. The average molecular weight is 230 g/mol. The molecule has 3 aromatic heterocycles. The van der Waals surface area contributed by atoms with E-state index in [2.05, 4.69) is 9.97 Å². The molecule has 5 heteroatoms. The van der Waals surface area contributed by atoms with Crippen molar-refractivity contribution in [1.29, 1.82) is 0 Å². The largest absolute Gasteiger partial charge is 0.390 e. The summed E-state index contributed by atoms with van der Waals surface area (Å²) in [5, 5.41) is 2.76. The van der Waals surface area contributed by atoms with Crippen LogP contribution in [-0.2, 0) is 7.05 Å². The first-order valence-corrected chi connectivity index (χ1v) is 5.76. The van der Waals surface area contributed by atoms with Gasteiger partial charge in [0.2, 0.25) is 0 Å². The van der Waals surface area contributed by atoms with Crippen molar-refractivity contribution < 1.29 is 0 Å². The average Bonchev–Trinajstić information content (AvgIpc) is 2.84. The Labute approximate surface area is 96.4 Å². The number of nitrogens with two attached hydrogens (primary N) is 1. The number of nitrogen functional groups attached to an aromatic ring is 1. The summed E-state index contributed by atoms with van der Waals surface area (Å²) in [7, 11) is 1.98. The molecule has 3 aromatic rings. The van der Waals surface area contributed by atoms with Gasteiger partial charge in [0, 0.05) is 13.2 Å². The maximum absolute atomic E-state index is 5.91. The van der Waals surface area contributed by atoms with E-state index < -0.39 is 0 Å². The van der Waals surface area contributed by atoms with Gasteiger partial charge < -0.3 is 10.3 Å². The van der Waals surface area contributed by atoms with Crippen LogP contribution < -0.4 is 5.73 Å². The van der Waals surface area contributed by atoms with Crippen LogP contribution in [-0.4, -0.2) is 14.5 Å².